The van der Waals surface area contributed by atoms with Crippen LogP contribution in [0, 0.1) is 5.92 Å². The fourth-order valence-electron chi connectivity index (χ4n) is 2.51. The Hall–Kier alpha value is -0.340. The molecule has 0 radical (unpaired) electrons. The summed E-state index contributed by atoms with van der Waals surface area (Å²) in [6, 6.07) is 0.503. The monoisotopic (exact) mass is 269 g/mol. The van der Waals surface area contributed by atoms with Gasteiger partial charge in [0.05, 0.1) is 6.10 Å². The number of hydrogen-bond donors (Lipinski definition) is 1. The van der Waals surface area contributed by atoms with Gasteiger partial charge in [-0.15, -0.1) is 6.58 Å². The summed E-state index contributed by atoms with van der Waals surface area (Å²) in [5, 5.41) is 3.68. The first kappa shape index (κ1) is 18.7. The van der Waals surface area contributed by atoms with Crippen LogP contribution in [0.4, 0.5) is 0 Å². The fourth-order valence-corrected chi connectivity index (χ4v) is 2.51. The summed E-state index contributed by atoms with van der Waals surface area (Å²) >= 11 is 0. The molecule has 0 saturated carbocycles. The third kappa shape index (κ3) is 9.23. The lowest BCUT2D eigenvalue weighted by Crippen LogP contribution is -2.44. The van der Waals surface area contributed by atoms with Crippen molar-refractivity contribution in [3.8, 4) is 0 Å². The second-order valence-corrected chi connectivity index (χ2v) is 5.65. The number of nitrogens with one attached hydrogen (secondary N) is 1. The van der Waals surface area contributed by atoms with Gasteiger partial charge in [0.25, 0.3) is 0 Å². The number of ether oxygens (including phenoxy) is 1. The predicted octanol–water partition coefficient (Wildman–Crippen LogP) is 4.55. The Balaban J connectivity index is 4.20. The zero-order chi connectivity index (χ0) is 14.5. The molecule has 0 aliphatic carbocycles. The number of unbranched alkanes of at least 4 members (excludes halogenated alkanes) is 3. The van der Waals surface area contributed by atoms with Crippen LogP contribution >= 0.6 is 0 Å². The molecule has 0 saturated heterocycles. The van der Waals surface area contributed by atoms with Crippen molar-refractivity contribution in [3.05, 3.63) is 12.7 Å². The third-order valence-electron chi connectivity index (χ3n) is 3.49. The van der Waals surface area contributed by atoms with E-state index in [2.05, 4.69) is 39.6 Å². The standard InChI is InChI=1S/C17H35NO/c1-6-9-10-11-12-13-16(18-14-7-2)17(15(4)5)19-8-3/h6,15-18H,1,7-14H2,2-5H3. The van der Waals surface area contributed by atoms with Gasteiger partial charge >= 0.3 is 0 Å². The van der Waals surface area contributed by atoms with E-state index in [0.717, 1.165) is 19.6 Å². The van der Waals surface area contributed by atoms with Crippen LogP contribution in [0.5, 0.6) is 0 Å². The smallest absolute Gasteiger partial charge is 0.0750 e. The van der Waals surface area contributed by atoms with Crippen molar-refractivity contribution in [3.63, 3.8) is 0 Å². The van der Waals surface area contributed by atoms with Gasteiger partial charge < -0.3 is 10.1 Å². The van der Waals surface area contributed by atoms with Gasteiger partial charge in [0.1, 0.15) is 0 Å². The maximum atomic E-state index is 5.96. The maximum absolute atomic E-state index is 5.96. The Morgan fingerprint density at radius 2 is 1.89 bits per heavy atom. The van der Waals surface area contributed by atoms with E-state index in [-0.39, 0.29) is 0 Å². The molecule has 2 atom stereocenters. The summed E-state index contributed by atoms with van der Waals surface area (Å²) in [6.45, 7) is 14.5. The molecule has 0 aromatic rings. The van der Waals surface area contributed by atoms with Gasteiger partial charge in [-0.3, -0.25) is 0 Å². The lowest BCUT2D eigenvalue weighted by molar-refractivity contribution is 0.000945. The minimum atomic E-state index is 0.343. The summed E-state index contributed by atoms with van der Waals surface area (Å²) in [4.78, 5) is 0. The fraction of sp³-hybridized carbons (Fsp3) is 0.882. The molecule has 2 unspecified atom stereocenters. The Morgan fingerprint density at radius 1 is 1.16 bits per heavy atom. The van der Waals surface area contributed by atoms with E-state index < -0.39 is 0 Å². The quantitative estimate of drug-likeness (QED) is 0.391. The van der Waals surface area contributed by atoms with E-state index >= 15 is 0 Å². The van der Waals surface area contributed by atoms with E-state index in [0.29, 0.717) is 18.1 Å². The number of rotatable bonds is 13. The minimum absolute atomic E-state index is 0.343. The largest absolute Gasteiger partial charge is 0.377 e. The van der Waals surface area contributed by atoms with E-state index in [4.69, 9.17) is 4.74 Å². The molecule has 2 heteroatoms. The molecule has 0 fully saturated rings. The van der Waals surface area contributed by atoms with Gasteiger partial charge in [0, 0.05) is 12.6 Å². The van der Waals surface area contributed by atoms with Gasteiger partial charge in [-0.2, -0.15) is 0 Å². The topological polar surface area (TPSA) is 21.3 Å². The molecule has 2 nitrogen and oxygen atoms in total. The lowest BCUT2D eigenvalue weighted by atomic mass is 9.94. The van der Waals surface area contributed by atoms with Gasteiger partial charge in [-0.1, -0.05) is 39.7 Å². The van der Waals surface area contributed by atoms with Crippen molar-refractivity contribution in [1.29, 1.82) is 0 Å². The molecule has 0 heterocycles. The second kappa shape index (κ2) is 12.7. The summed E-state index contributed by atoms with van der Waals surface area (Å²) < 4.78 is 5.96. The Morgan fingerprint density at radius 3 is 2.42 bits per heavy atom. The molecule has 1 N–H and O–H groups in total. The predicted molar refractivity (Wildman–Crippen MR) is 85.6 cm³/mol. The van der Waals surface area contributed by atoms with Crippen LogP contribution in [0.3, 0.4) is 0 Å². The summed E-state index contributed by atoms with van der Waals surface area (Å²) in [5.74, 6) is 0.572. The molecular formula is C17H35NO. The van der Waals surface area contributed by atoms with E-state index in [1.54, 1.807) is 0 Å². The minimum Gasteiger partial charge on any atom is -0.377 e. The van der Waals surface area contributed by atoms with E-state index in [1.807, 2.05) is 6.08 Å². The first-order valence-electron chi connectivity index (χ1n) is 8.13. The average molecular weight is 269 g/mol. The molecule has 0 spiro atoms. The first-order valence-corrected chi connectivity index (χ1v) is 8.13. The van der Waals surface area contributed by atoms with Crippen LogP contribution in [0.25, 0.3) is 0 Å². The molecule has 0 aromatic carbocycles. The van der Waals surface area contributed by atoms with Crippen molar-refractivity contribution in [2.24, 2.45) is 5.92 Å². The second-order valence-electron chi connectivity index (χ2n) is 5.65. The maximum Gasteiger partial charge on any atom is 0.0750 e. The summed E-state index contributed by atoms with van der Waals surface area (Å²) in [7, 11) is 0. The zero-order valence-corrected chi connectivity index (χ0v) is 13.6. The molecule has 0 rings (SSSR count). The Labute approximate surface area is 121 Å². The molecule has 19 heavy (non-hydrogen) atoms. The highest BCUT2D eigenvalue weighted by atomic mass is 16.5. The highest BCUT2D eigenvalue weighted by Gasteiger charge is 2.23. The molecule has 0 amide bonds. The van der Waals surface area contributed by atoms with Crippen LogP contribution in [-0.2, 0) is 4.74 Å². The highest BCUT2D eigenvalue weighted by molar-refractivity contribution is 4.80. The van der Waals surface area contributed by atoms with E-state index in [9.17, 15) is 0 Å². The SMILES string of the molecule is C=CCCCCCC(NCCC)C(OCC)C(C)C. The van der Waals surface area contributed by atoms with Crippen molar-refractivity contribution < 1.29 is 4.74 Å². The molecule has 0 aliphatic heterocycles. The molecule has 0 bridgehead atoms. The van der Waals surface area contributed by atoms with Crippen LogP contribution in [-0.4, -0.2) is 25.3 Å². The van der Waals surface area contributed by atoms with Crippen molar-refractivity contribution in [1.82, 2.24) is 5.32 Å². The summed E-state index contributed by atoms with van der Waals surface area (Å²) in [6.07, 6.45) is 9.76. The van der Waals surface area contributed by atoms with Crippen LogP contribution < -0.4 is 5.32 Å². The zero-order valence-electron chi connectivity index (χ0n) is 13.6. The molecule has 0 aromatic heterocycles. The molecule has 0 aliphatic rings. The van der Waals surface area contributed by atoms with Crippen LogP contribution in [0.2, 0.25) is 0 Å². The van der Waals surface area contributed by atoms with Gasteiger partial charge in [-0.25, -0.2) is 0 Å². The summed E-state index contributed by atoms with van der Waals surface area (Å²) in [5.41, 5.74) is 0. The third-order valence-corrected chi connectivity index (χ3v) is 3.49. The van der Waals surface area contributed by atoms with Crippen molar-refractivity contribution >= 4 is 0 Å². The first-order chi connectivity index (χ1) is 9.17. The normalized spacial score (nSPS) is 14.6. The van der Waals surface area contributed by atoms with Crippen LogP contribution in [0.1, 0.15) is 66.2 Å². The molecule has 114 valence electrons. The van der Waals surface area contributed by atoms with Crippen molar-refractivity contribution in [2.75, 3.05) is 13.2 Å². The average Bonchev–Trinajstić information content (AvgIpc) is 2.39. The van der Waals surface area contributed by atoms with Crippen molar-refractivity contribution in [2.45, 2.75) is 78.4 Å². The van der Waals surface area contributed by atoms with Crippen LogP contribution in [0.15, 0.2) is 12.7 Å². The van der Waals surface area contributed by atoms with Gasteiger partial charge in [0.15, 0.2) is 0 Å². The Kier molecular flexibility index (Phi) is 12.5. The van der Waals surface area contributed by atoms with Gasteiger partial charge in [0.2, 0.25) is 0 Å². The number of allylic oxidation sites excluding steroid dienone is 1. The number of hydrogen-bond acceptors (Lipinski definition) is 2. The molecular weight excluding hydrogens is 234 g/mol. The Bertz CT molecular complexity index is 203. The van der Waals surface area contributed by atoms with E-state index in [1.165, 1.54) is 32.1 Å². The highest BCUT2D eigenvalue weighted by Crippen LogP contribution is 2.17. The lowest BCUT2D eigenvalue weighted by Gasteiger charge is -2.31. The van der Waals surface area contributed by atoms with Gasteiger partial charge in [-0.05, 0) is 45.1 Å².